The second kappa shape index (κ2) is 10.8. The smallest absolute Gasteiger partial charge is 0.341 e. The summed E-state index contributed by atoms with van der Waals surface area (Å²) in [5.74, 6) is 0.801. The second-order valence-electron chi connectivity index (χ2n) is 11.6. The zero-order valence-corrected chi connectivity index (χ0v) is 25.2. The van der Waals surface area contributed by atoms with Gasteiger partial charge in [-0.1, -0.05) is 59.7 Å². The molecule has 8 heteroatoms. The quantitative estimate of drug-likeness (QED) is 0.215. The molecule has 0 radical (unpaired) electrons. The van der Waals surface area contributed by atoms with Crippen LogP contribution in [0.5, 0.6) is 5.88 Å². The van der Waals surface area contributed by atoms with Crippen LogP contribution < -0.4 is 9.08 Å². The minimum absolute atomic E-state index is 0.00208. The topological polar surface area (TPSA) is 85.3 Å². The van der Waals surface area contributed by atoms with E-state index in [1.54, 1.807) is 13.1 Å². The van der Waals surface area contributed by atoms with Crippen LogP contribution in [-0.2, 0) is 23.1 Å². The predicted octanol–water partition coefficient (Wildman–Crippen LogP) is 7.03. The fraction of sp³-hybridized carbons (Fsp3) is 0.406. The zero-order chi connectivity index (χ0) is 28.8. The second-order valence-corrected chi connectivity index (χ2v) is 13.1. The van der Waals surface area contributed by atoms with Gasteiger partial charge in [-0.2, -0.15) is 13.4 Å². The summed E-state index contributed by atoms with van der Waals surface area (Å²) >= 11 is 0. The van der Waals surface area contributed by atoms with Gasteiger partial charge in [-0.3, -0.25) is 4.98 Å². The number of benzene rings is 2. The maximum Gasteiger partial charge on any atom is 0.341 e. The lowest BCUT2D eigenvalue weighted by Crippen LogP contribution is -2.20. The van der Waals surface area contributed by atoms with Gasteiger partial charge in [0.05, 0.1) is 10.9 Å². The van der Waals surface area contributed by atoms with Crippen LogP contribution in [0.4, 0.5) is 5.69 Å². The highest BCUT2D eigenvalue weighted by Gasteiger charge is 2.30. The lowest BCUT2D eigenvalue weighted by Gasteiger charge is -2.23. The van der Waals surface area contributed by atoms with Gasteiger partial charge >= 0.3 is 10.1 Å². The summed E-state index contributed by atoms with van der Waals surface area (Å²) in [6.45, 7) is 15.7. The van der Waals surface area contributed by atoms with E-state index >= 15 is 0 Å². The fourth-order valence-electron chi connectivity index (χ4n) is 5.42. The molecule has 40 heavy (non-hydrogen) atoms. The van der Waals surface area contributed by atoms with E-state index in [2.05, 4.69) is 39.8 Å². The van der Waals surface area contributed by atoms with Crippen molar-refractivity contribution in [3.05, 3.63) is 82.4 Å². The average Bonchev–Trinajstić information content (AvgIpc) is 3.28. The number of anilines is 1. The molecule has 0 fully saturated rings. The molecule has 0 saturated carbocycles. The van der Waals surface area contributed by atoms with Gasteiger partial charge in [0, 0.05) is 31.2 Å². The van der Waals surface area contributed by atoms with Gasteiger partial charge in [0.15, 0.2) is 0 Å². The van der Waals surface area contributed by atoms with Crippen LogP contribution in [-0.4, -0.2) is 29.9 Å². The summed E-state index contributed by atoms with van der Waals surface area (Å²) in [4.78, 5) is 15.9. The third-order valence-electron chi connectivity index (χ3n) is 7.58. The average molecular weight is 559 g/mol. The van der Waals surface area contributed by atoms with Crippen LogP contribution >= 0.6 is 0 Å². The Kier molecular flexibility index (Phi) is 7.57. The number of hydrogen-bond acceptors (Lipinski definition) is 7. The van der Waals surface area contributed by atoms with Crippen LogP contribution in [0, 0.1) is 6.92 Å². The van der Waals surface area contributed by atoms with Gasteiger partial charge in [0.1, 0.15) is 10.7 Å². The van der Waals surface area contributed by atoms with Gasteiger partial charge in [-0.25, -0.2) is 4.98 Å². The van der Waals surface area contributed by atoms with E-state index in [9.17, 15) is 8.42 Å². The number of hydrogen-bond donors (Lipinski definition) is 0. The highest BCUT2D eigenvalue weighted by molar-refractivity contribution is 7.87. The molecule has 0 atom stereocenters. The number of aryl methyl sites for hydroxylation is 1. The van der Waals surface area contributed by atoms with Crippen molar-refractivity contribution >= 4 is 26.7 Å². The predicted molar refractivity (Wildman–Crippen MR) is 160 cm³/mol. The molecule has 1 aliphatic heterocycles. The molecule has 4 aromatic rings. The molecule has 7 nitrogen and oxygen atoms in total. The van der Waals surface area contributed by atoms with Gasteiger partial charge in [0.25, 0.3) is 0 Å². The van der Waals surface area contributed by atoms with Crippen molar-refractivity contribution in [1.82, 2.24) is 15.0 Å². The standard InChI is InChI=1S/C32H38N4O3S/c1-19(2)25-13-26(20(3)4)31(27(14-25)21(5)6)40(37,38)39-32-28-16-30-24(15-29(28)34-22(7)35-32)10-12-36(30)18-23-9-8-11-33-17-23/h8-9,11,13-17,19-21H,10,12,18H2,1-7H3. The highest BCUT2D eigenvalue weighted by atomic mass is 32.2. The van der Waals surface area contributed by atoms with Crippen LogP contribution in [0.1, 0.15) is 92.9 Å². The van der Waals surface area contributed by atoms with E-state index in [4.69, 9.17) is 4.18 Å². The molecule has 5 rings (SSSR count). The Morgan fingerprint density at radius 2 is 1.65 bits per heavy atom. The van der Waals surface area contributed by atoms with Crippen LogP contribution in [0.15, 0.2) is 53.7 Å². The lowest BCUT2D eigenvalue weighted by molar-refractivity contribution is 0.474. The molecule has 0 aliphatic carbocycles. The molecule has 0 spiro atoms. The minimum atomic E-state index is -4.20. The van der Waals surface area contributed by atoms with Gasteiger partial charge < -0.3 is 9.08 Å². The van der Waals surface area contributed by atoms with Gasteiger partial charge in [-0.05, 0) is 77.1 Å². The third-order valence-corrected chi connectivity index (χ3v) is 8.93. The molecular weight excluding hydrogens is 520 g/mol. The molecule has 0 amide bonds. The van der Waals surface area contributed by atoms with Crippen LogP contribution in [0.25, 0.3) is 10.9 Å². The molecule has 0 saturated heterocycles. The normalized spacial score (nSPS) is 13.6. The van der Waals surface area contributed by atoms with E-state index in [0.717, 1.165) is 40.9 Å². The Hall–Kier alpha value is -3.52. The first-order chi connectivity index (χ1) is 18.9. The van der Waals surface area contributed by atoms with E-state index in [0.29, 0.717) is 23.3 Å². The highest BCUT2D eigenvalue weighted by Crippen LogP contribution is 2.39. The number of fused-ring (bicyclic) bond motifs is 2. The maximum atomic E-state index is 14.1. The summed E-state index contributed by atoms with van der Waals surface area (Å²) in [6, 6.07) is 12.0. The Labute approximate surface area is 237 Å². The lowest BCUT2D eigenvalue weighted by atomic mass is 9.89. The van der Waals surface area contributed by atoms with Crippen molar-refractivity contribution in [1.29, 1.82) is 0 Å². The SMILES string of the molecule is Cc1nc(OS(=O)(=O)c2c(C(C)C)cc(C(C)C)cc2C(C)C)c2cc3c(cc2n1)CCN3Cc1cccnc1. The molecule has 0 bridgehead atoms. The zero-order valence-electron chi connectivity index (χ0n) is 24.4. The Bertz CT molecular complexity index is 1640. The largest absolute Gasteiger partial charge is 0.367 e. The summed E-state index contributed by atoms with van der Waals surface area (Å²) in [6.07, 6.45) is 4.53. The molecule has 3 heterocycles. The molecule has 2 aromatic carbocycles. The summed E-state index contributed by atoms with van der Waals surface area (Å²) < 4.78 is 34.2. The number of nitrogens with zero attached hydrogens (tertiary/aromatic N) is 4. The molecule has 2 aromatic heterocycles. The first-order valence-corrected chi connectivity index (χ1v) is 15.4. The molecular formula is C32H38N4O3S. The van der Waals surface area contributed by atoms with Crippen molar-refractivity contribution in [2.45, 2.75) is 84.1 Å². The minimum Gasteiger partial charge on any atom is -0.367 e. The van der Waals surface area contributed by atoms with Gasteiger partial charge in [0.2, 0.25) is 5.88 Å². The van der Waals surface area contributed by atoms with E-state index in [1.165, 1.54) is 5.56 Å². The summed E-state index contributed by atoms with van der Waals surface area (Å²) in [7, 11) is -4.20. The molecule has 0 N–H and O–H groups in total. The van der Waals surface area contributed by atoms with Crippen LogP contribution in [0.2, 0.25) is 0 Å². The summed E-state index contributed by atoms with van der Waals surface area (Å²) in [5, 5.41) is 0.585. The number of rotatable bonds is 8. The van der Waals surface area contributed by atoms with Gasteiger partial charge in [-0.15, -0.1) is 0 Å². The van der Waals surface area contributed by atoms with Crippen molar-refractivity contribution in [2.75, 3.05) is 11.4 Å². The Balaban J connectivity index is 1.62. The molecule has 210 valence electrons. The monoisotopic (exact) mass is 558 g/mol. The number of pyridine rings is 1. The number of aromatic nitrogens is 3. The summed E-state index contributed by atoms with van der Waals surface area (Å²) in [5.41, 5.74) is 6.68. The maximum absolute atomic E-state index is 14.1. The van der Waals surface area contributed by atoms with Crippen LogP contribution in [0.3, 0.4) is 0 Å². The van der Waals surface area contributed by atoms with E-state index in [-0.39, 0.29) is 28.5 Å². The van der Waals surface area contributed by atoms with E-state index in [1.807, 2.05) is 64.2 Å². The van der Waals surface area contributed by atoms with Crippen molar-refractivity contribution in [3.8, 4) is 5.88 Å². The first-order valence-electron chi connectivity index (χ1n) is 14.0. The fourth-order valence-corrected chi connectivity index (χ4v) is 7.01. The van der Waals surface area contributed by atoms with Crippen molar-refractivity contribution < 1.29 is 12.6 Å². The molecule has 1 aliphatic rings. The Morgan fingerprint density at radius 1 is 0.950 bits per heavy atom. The molecule has 0 unspecified atom stereocenters. The first kappa shape index (κ1) is 28.0. The van der Waals surface area contributed by atoms with Crippen molar-refractivity contribution in [2.24, 2.45) is 0 Å². The van der Waals surface area contributed by atoms with E-state index < -0.39 is 10.1 Å². The van der Waals surface area contributed by atoms with Crippen molar-refractivity contribution in [3.63, 3.8) is 0 Å². The third kappa shape index (κ3) is 5.42. The Morgan fingerprint density at radius 3 is 2.25 bits per heavy atom.